The monoisotopic (exact) mass is 333 g/mol. The maximum absolute atomic E-state index is 12.1. The molecule has 0 saturated carbocycles. The average Bonchev–Trinajstić information content (AvgIpc) is 2.78. The van der Waals surface area contributed by atoms with Gasteiger partial charge in [-0.2, -0.15) is 8.42 Å². The largest absolute Gasteiger partial charge is 0.495 e. The molecule has 2 aromatic rings. The molecule has 118 valence electrons. The summed E-state index contributed by atoms with van der Waals surface area (Å²) in [5.41, 5.74) is 0.512. The van der Waals surface area contributed by atoms with Crippen molar-refractivity contribution < 1.29 is 18.1 Å². The van der Waals surface area contributed by atoms with Gasteiger partial charge in [-0.1, -0.05) is 12.1 Å². The molecular weight excluding hydrogens is 322 g/mol. The van der Waals surface area contributed by atoms with Gasteiger partial charge in [-0.25, -0.2) is 0 Å². The summed E-state index contributed by atoms with van der Waals surface area (Å²) in [5.74, 6) is 0.613. The second-order valence-corrected chi connectivity index (χ2v) is 6.25. The Labute approximate surface area is 131 Å². The summed E-state index contributed by atoms with van der Waals surface area (Å²) in [5, 5.41) is 13.7. The summed E-state index contributed by atoms with van der Waals surface area (Å²) in [6, 6.07) is 10.5. The molecule has 0 aliphatic carbocycles. The summed E-state index contributed by atoms with van der Waals surface area (Å²) in [6.45, 7) is 0. The molecule has 1 N–H and O–H groups in total. The van der Waals surface area contributed by atoms with E-state index in [1.54, 1.807) is 24.3 Å². The van der Waals surface area contributed by atoms with Gasteiger partial charge in [0.25, 0.3) is 15.7 Å². The van der Waals surface area contributed by atoms with Gasteiger partial charge in [-0.3, -0.25) is 10.1 Å². The number of hydrogen-bond acceptors (Lipinski definition) is 6. The van der Waals surface area contributed by atoms with Gasteiger partial charge in [-0.15, -0.1) is 4.40 Å². The molecule has 23 heavy (non-hydrogen) atoms. The average molecular weight is 333 g/mol. The van der Waals surface area contributed by atoms with Gasteiger partial charge in [-0.05, 0) is 18.2 Å². The highest BCUT2D eigenvalue weighted by atomic mass is 32.2. The molecule has 0 spiro atoms. The van der Waals surface area contributed by atoms with E-state index >= 15 is 0 Å². The van der Waals surface area contributed by atoms with Crippen LogP contribution in [0.3, 0.4) is 0 Å². The van der Waals surface area contributed by atoms with E-state index in [9.17, 15) is 18.5 Å². The molecule has 2 aromatic carbocycles. The van der Waals surface area contributed by atoms with Gasteiger partial charge < -0.3 is 10.1 Å². The molecule has 0 saturated heterocycles. The van der Waals surface area contributed by atoms with Crippen LogP contribution >= 0.6 is 0 Å². The van der Waals surface area contributed by atoms with Crippen LogP contribution in [0.1, 0.15) is 5.56 Å². The number of ether oxygens (including phenoxy) is 1. The minimum atomic E-state index is -3.97. The Bertz CT molecular complexity index is 937. The summed E-state index contributed by atoms with van der Waals surface area (Å²) < 4.78 is 33.1. The van der Waals surface area contributed by atoms with Gasteiger partial charge in [0, 0.05) is 17.7 Å². The molecular formula is C14H11N3O5S. The maximum atomic E-state index is 12.1. The zero-order valence-electron chi connectivity index (χ0n) is 11.9. The van der Waals surface area contributed by atoms with Crippen molar-refractivity contribution in [2.24, 2.45) is 4.40 Å². The summed E-state index contributed by atoms with van der Waals surface area (Å²) in [4.78, 5) is 9.97. The molecule has 9 heteroatoms. The lowest BCUT2D eigenvalue weighted by Crippen LogP contribution is -2.12. The Hall–Kier alpha value is -2.94. The normalized spacial score (nSPS) is 14.7. The maximum Gasteiger partial charge on any atom is 0.285 e. The van der Waals surface area contributed by atoms with Gasteiger partial charge in [0.15, 0.2) is 5.84 Å². The first-order valence-electron chi connectivity index (χ1n) is 6.46. The lowest BCUT2D eigenvalue weighted by molar-refractivity contribution is -0.385. The molecule has 0 aromatic heterocycles. The van der Waals surface area contributed by atoms with E-state index in [1.165, 1.54) is 19.2 Å². The minimum Gasteiger partial charge on any atom is -0.495 e. The van der Waals surface area contributed by atoms with Crippen molar-refractivity contribution in [1.82, 2.24) is 0 Å². The number of para-hydroxylation sites is 2. The number of methoxy groups -OCH3 is 1. The number of sulfonamides is 1. The SMILES string of the molecule is COc1ccccc1NC1=NS(=O)(=O)c2cc([N+](=O)[O-])ccc21. The van der Waals surface area contributed by atoms with Gasteiger partial charge in [0.05, 0.1) is 17.7 Å². The fourth-order valence-corrected chi connectivity index (χ4v) is 3.41. The number of non-ortho nitro benzene ring substituents is 1. The molecule has 0 radical (unpaired) electrons. The molecule has 0 bridgehead atoms. The zero-order chi connectivity index (χ0) is 16.6. The van der Waals surface area contributed by atoms with Crippen molar-refractivity contribution in [2.45, 2.75) is 4.90 Å². The summed E-state index contributed by atoms with van der Waals surface area (Å²) in [6.07, 6.45) is 0. The Balaban J connectivity index is 2.06. The molecule has 0 unspecified atom stereocenters. The van der Waals surface area contributed by atoms with E-state index in [2.05, 4.69) is 9.71 Å². The number of fused-ring (bicyclic) bond motifs is 1. The number of nitro groups is 1. The highest BCUT2D eigenvalue weighted by molar-refractivity contribution is 7.90. The van der Waals surface area contributed by atoms with Crippen LogP contribution in [0.25, 0.3) is 0 Å². The van der Waals surface area contributed by atoms with Crippen molar-refractivity contribution in [1.29, 1.82) is 0 Å². The second kappa shape index (κ2) is 5.36. The molecule has 3 rings (SSSR count). The van der Waals surface area contributed by atoms with Crippen LogP contribution in [0.2, 0.25) is 0 Å². The summed E-state index contributed by atoms with van der Waals surface area (Å²) in [7, 11) is -2.48. The second-order valence-electron chi connectivity index (χ2n) is 4.68. The van der Waals surface area contributed by atoms with Gasteiger partial charge in [0.2, 0.25) is 0 Å². The van der Waals surface area contributed by atoms with E-state index in [0.717, 1.165) is 6.07 Å². The standard InChI is InChI=1S/C14H11N3O5S/c1-22-12-5-3-2-4-11(12)15-14-10-7-6-9(17(18)19)8-13(10)23(20,21)16-14/h2-8H,1H3,(H,15,16). The van der Waals surface area contributed by atoms with E-state index < -0.39 is 14.9 Å². The third kappa shape index (κ3) is 2.61. The number of nitro benzene ring substituents is 1. The molecule has 0 atom stereocenters. The van der Waals surface area contributed by atoms with Gasteiger partial charge >= 0.3 is 0 Å². The Kier molecular flexibility index (Phi) is 3.49. The number of benzene rings is 2. The van der Waals surface area contributed by atoms with E-state index in [1.807, 2.05) is 0 Å². The number of rotatable bonds is 3. The fraction of sp³-hybridized carbons (Fsp3) is 0.0714. The fourth-order valence-electron chi connectivity index (χ4n) is 2.22. The number of nitrogens with one attached hydrogen (secondary N) is 1. The Morgan fingerprint density at radius 3 is 2.65 bits per heavy atom. The van der Waals surface area contributed by atoms with Crippen molar-refractivity contribution in [3.8, 4) is 5.75 Å². The molecule has 8 nitrogen and oxygen atoms in total. The van der Waals surface area contributed by atoms with Crippen LogP contribution in [-0.2, 0) is 10.0 Å². The molecule has 1 aliphatic heterocycles. The predicted octanol–water partition coefficient (Wildman–Crippen LogP) is 2.16. The van der Waals surface area contributed by atoms with E-state index in [4.69, 9.17) is 4.74 Å². The van der Waals surface area contributed by atoms with Crippen LogP contribution in [0.15, 0.2) is 51.8 Å². The van der Waals surface area contributed by atoms with Crippen molar-refractivity contribution >= 4 is 27.2 Å². The lowest BCUT2D eigenvalue weighted by atomic mass is 10.1. The minimum absolute atomic E-state index is 0.0967. The zero-order valence-corrected chi connectivity index (χ0v) is 12.7. The number of nitrogens with zero attached hydrogens (tertiary/aromatic N) is 2. The predicted molar refractivity (Wildman–Crippen MR) is 83.4 cm³/mol. The van der Waals surface area contributed by atoms with Crippen LogP contribution in [0, 0.1) is 10.1 Å². The Morgan fingerprint density at radius 2 is 1.96 bits per heavy atom. The van der Waals surface area contributed by atoms with E-state index in [-0.39, 0.29) is 22.0 Å². The highest BCUT2D eigenvalue weighted by Gasteiger charge is 2.31. The quantitative estimate of drug-likeness (QED) is 0.680. The Morgan fingerprint density at radius 1 is 1.22 bits per heavy atom. The first kappa shape index (κ1) is 15.0. The number of hydrogen-bond donors (Lipinski definition) is 1. The molecule has 0 amide bonds. The molecule has 0 fully saturated rings. The number of anilines is 1. The van der Waals surface area contributed by atoms with Crippen molar-refractivity contribution in [3.63, 3.8) is 0 Å². The first-order chi connectivity index (χ1) is 10.9. The first-order valence-corrected chi connectivity index (χ1v) is 7.90. The van der Waals surface area contributed by atoms with Crippen LogP contribution in [-0.4, -0.2) is 26.3 Å². The van der Waals surface area contributed by atoms with E-state index in [0.29, 0.717) is 11.4 Å². The molecule has 1 heterocycles. The van der Waals surface area contributed by atoms with Crippen molar-refractivity contribution in [3.05, 3.63) is 58.1 Å². The van der Waals surface area contributed by atoms with Crippen LogP contribution < -0.4 is 10.1 Å². The third-order valence-corrected chi connectivity index (χ3v) is 4.60. The number of amidine groups is 1. The summed E-state index contributed by atoms with van der Waals surface area (Å²) >= 11 is 0. The topological polar surface area (TPSA) is 111 Å². The van der Waals surface area contributed by atoms with Gasteiger partial charge in [0.1, 0.15) is 10.6 Å². The van der Waals surface area contributed by atoms with Crippen LogP contribution in [0.4, 0.5) is 11.4 Å². The highest BCUT2D eigenvalue weighted by Crippen LogP contribution is 2.32. The third-order valence-electron chi connectivity index (χ3n) is 3.28. The lowest BCUT2D eigenvalue weighted by Gasteiger charge is -2.10. The smallest absolute Gasteiger partial charge is 0.285 e. The van der Waals surface area contributed by atoms with Crippen LogP contribution in [0.5, 0.6) is 5.75 Å². The van der Waals surface area contributed by atoms with Crippen molar-refractivity contribution in [2.75, 3.05) is 12.4 Å². The molecule has 1 aliphatic rings.